The van der Waals surface area contributed by atoms with Crippen LogP contribution in [0.5, 0.6) is 0 Å². The van der Waals surface area contributed by atoms with Crippen molar-refractivity contribution in [3.05, 3.63) is 59.2 Å². The quantitative estimate of drug-likeness (QED) is 0.938. The zero-order valence-corrected chi connectivity index (χ0v) is 14.0. The van der Waals surface area contributed by atoms with E-state index in [1.807, 2.05) is 63.2 Å². The average Bonchev–Trinajstić information content (AvgIpc) is 2.48. The molecule has 2 amide bonds. The molecular formula is C19H22N2O2. The van der Waals surface area contributed by atoms with Gasteiger partial charge in [0.15, 0.2) is 0 Å². The van der Waals surface area contributed by atoms with Crippen molar-refractivity contribution in [3.63, 3.8) is 0 Å². The number of carbonyl (C=O) groups is 2. The topological polar surface area (TPSA) is 49.4 Å². The summed E-state index contributed by atoms with van der Waals surface area (Å²) >= 11 is 0. The molecule has 2 aromatic carbocycles. The molecule has 0 bridgehead atoms. The molecule has 2 rings (SSSR count). The summed E-state index contributed by atoms with van der Waals surface area (Å²) in [5, 5.41) is 2.85. The summed E-state index contributed by atoms with van der Waals surface area (Å²) in [7, 11) is 0. The minimum Gasteiger partial charge on any atom is -0.325 e. The van der Waals surface area contributed by atoms with Crippen molar-refractivity contribution in [2.24, 2.45) is 0 Å². The van der Waals surface area contributed by atoms with Gasteiger partial charge in [-0.2, -0.15) is 0 Å². The van der Waals surface area contributed by atoms with Crippen LogP contribution in [0.15, 0.2) is 42.5 Å². The molecule has 0 atom stereocenters. The lowest BCUT2D eigenvalue weighted by atomic mass is 10.1. The second kappa shape index (κ2) is 7.09. The van der Waals surface area contributed by atoms with E-state index < -0.39 is 0 Å². The van der Waals surface area contributed by atoms with Gasteiger partial charge in [0.1, 0.15) is 6.54 Å². The predicted molar refractivity (Wildman–Crippen MR) is 93.8 cm³/mol. The SMILES string of the molecule is CC(=O)N(CC(=O)Nc1ccc(C)c(C)c1)c1cccc(C)c1. The number of amides is 2. The van der Waals surface area contributed by atoms with Crippen LogP contribution in [0, 0.1) is 20.8 Å². The van der Waals surface area contributed by atoms with E-state index in [1.165, 1.54) is 17.4 Å². The van der Waals surface area contributed by atoms with Gasteiger partial charge in [0.2, 0.25) is 11.8 Å². The predicted octanol–water partition coefficient (Wildman–Crippen LogP) is 3.60. The highest BCUT2D eigenvalue weighted by Gasteiger charge is 2.16. The Kier molecular flexibility index (Phi) is 5.16. The number of hydrogen-bond donors (Lipinski definition) is 1. The van der Waals surface area contributed by atoms with Crippen LogP contribution < -0.4 is 10.2 Å². The molecule has 1 N–H and O–H groups in total. The zero-order valence-electron chi connectivity index (χ0n) is 14.0. The lowest BCUT2D eigenvalue weighted by Gasteiger charge is -2.21. The van der Waals surface area contributed by atoms with Crippen molar-refractivity contribution in [3.8, 4) is 0 Å². The molecule has 0 aliphatic carbocycles. The molecule has 0 radical (unpaired) electrons. The first kappa shape index (κ1) is 16.7. The molecule has 0 saturated carbocycles. The van der Waals surface area contributed by atoms with Gasteiger partial charge in [0.25, 0.3) is 0 Å². The number of benzene rings is 2. The molecule has 23 heavy (non-hydrogen) atoms. The van der Waals surface area contributed by atoms with Crippen LogP contribution in [-0.2, 0) is 9.59 Å². The smallest absolute Gasteiger partial charge is 0.244 e. The second-order valence-corrected chi connectivity index (χ2v) is 5.79. The van der Waals surface area contributed by atoms with Crippen LogP contribution in [0.1, 0.15) is 23.6 Å². The first-order valence-electron chi connectivity index (χ1n) is 7.58. The second-order valence-electron chi connectivity index (χ2n) is 5.79. The van der Waals surface area contributed by atoms with E-state index in [-0.39, 0.29) is 18.4 Å². The molecule has 0 spiro atoms. The van der Waals surface area contributed by atoms with Gasteiger partial charge >= 0.3 is 0 Å². The average molecular weight is 310 g/mol. The third-order valence-corrected chi connectivity index (χ3v) is 3.79. The molecule has 2 aromatic rings. The summed E-state index contributed by atoms with van der Waals surface area (Å²) in [5.41, 5.74) is 4.81. The van der Waals surface area contributed by atoms with Crippen LogP contribution in [0.3, 0.4) is 0 Å². The summed E-state index contributed by atoms with van der Waals surface area (Å²) in [4.78, 5) is 25.6. The first-order valence-corrected chi connectivity index (χ1v) is 7.58. The Morgan fingerprint density at radius 2 is 1.74 bits per heavy atom. The van der Waals surface area contributed by atoms with Crippen LogP contribution in [-0.4, -0.2) is 18.4 Å². The first-order chi connectivity index (χ1) is 10.9. The van der Waals surface area contributed by atoms with Crippen molar-refractivity contribution < 1.29 is 9.59 Å². The van der Waals surface area contributed by atoms with Crippen molar-refractivity contribution in [1.29, 1.82) is 0 Å². The van der Waals surface area contributed by atoms with Gasteiger partial charge in [0.05, 0.1) is 0 Å². The molecule has 0 unspecified atom stereocenters. The standard InChI is InChI=1S/C19H22N2O2/c1-13-6-5-7-18(10-13)21(16(4)22)12-19(23)20-17-9-8-14(2)15(3)11-17/h5-11H,12H2,1-4H3,(H,20,23). The molecule has 0 fully saturated rings. The van der Waals surface area contributed by atoms with Gasteiger partial charge in [-0.05, 0) is 61.7 Å². The van der Waals surface area contributed by atoms with Crippen LogP contribution >= 0.6 is 0 Å². The molecule has 4 nitrogen and oxygen atoms in total. The molecule has 0 aliphatic heterocycles. The monoisotopic (exact) mass is 310 g/mol. The van der Waals surface area contributed by atoms with E-state index in [0.717, 1.165) is 22.5 Å². The number of aryl methyl sites for hydroxylation is 3. The third kappa shape index (κ3) is 4.42. The Morgan fingerprint density at radius 1 is 1.00 bits per heavy atom. The Labute approximate surface area is 137 Å². The number of rotatable bonds is 4. The van der Waals surface area contributed by atoms with Crippen LogP contribution in [0.4, 0.5) is 11.4 Å². The van der Waals surface area contributed by atoms with E-state index in [4.69, 9.17) is 0 Å². The molecule has 120 valence electrons. The third-order valence-electron chi connectivity index (χ3n) is 3.79. The van der Waals surface area contributed by atoms with Crippen LogP contribution in [0.25, 0.3) is 0 Å². The number of nitrogens with one attached hydrogen (secondary N) is 1. The lowest BCUT2D eigenvalue weighted by Crippen LogP contribution is -2.36. The normalized spacial score (nSPS) is 10.3. The van der Waals surface area contributed by atoms with Gasteiger partial charge in [-0.3, -0.25) is 9.59 Å². The van der Waals surface area contributed by atoms with E-state index in [2.05, 4.69) is 5.32 Å². The molecular weight excluding hydrogens is 288 g/mol. The number of hydrogen-bond acceptors (Lipinski definition) is 2. The number of carbonyl (C=O) groups excluding carboxylic acids is 2. The summed E-state index contributed by atoms with van der Waals surface area (Å²) < 4.78 is 0. The largest absolute Gasteiger partial charge is 0.325 e. The molecule has 0 aliphatic rings. The fourth-order valence-corrected chi connectivity index (χ4v) is 2.34. The van der Waals surface area contributed by atoms with E-state index in [0.29, 0.717) is 0 Å². The summed E-state index contributed by atoms with van der Waals surface area (Å²) in [6.07, 6.45) is 0. The van der Waals surface area contributed by atoms with Gasteiger partial charge in [-0.15, -0.1) is 0 Å². The Bertz CT molecular complexity index is 738. The summed E-state index contributed by atoms with van der Waals surface area (Å²) in [6.45, 7) is 7.43. The Morgan fingerprint density at radius 3 is 2.35 bits per heavy atom. The van der Waals surface area contributed by atoms with Crippen molar-refractivity contribution in [1.82, 2.24) is 0 Å². The number of anilines is 2. The van der Waals surface area contributed by atoms with Crippen molar-refractivity contribution >= 4 is 23.2 Å². The van der Waals surface area contributed by atoms with E-state index in [1.54, 1.807) is 0 Å². The van der Waals surface area contributed by atoms with Crippen LogP contribution in [0.2, 0.25) is 0 Å². The lowest BCUT2D eigenvalue weighted by molar-refractivity contribution is -0.120. The highest BCUT2D eigenvalue weighted by atomic mass is 16.2. The van der Waals surface area contributed by atoms with Crippen molar-refractivity contribution in [2.45, 2.75) is 27.7 Å². The Balaban J connectivity index is 2.12. The summed E-state index contributed by atoms with van der Waals surface area (Å²) in [6, 6.07) is 13.3. The fourth-order valence-electron chi connectivity index (χ4n) is 2.34. The van der Waals surface area contributed by atoms with Crippen molar-refractivity contribution in [2.75, 3.05) is 16.8 Å². The molecule has 0 aromatic heterocycles. The maximum absolute atomic E-state index is 12.3. The van der Waals surface area contributed by atoms with Gasteiger partial charge in [-0.25, -0.2) is 0 Å². The van der Waals surface area contributed by atoms with Gasteiger partial charge in [0, 0.05) is 18.3 Å². The van der Waals surface area contributed by atoms with E-state index in [9.17, 15) is 9.59 Å². The maximum Gasteiger partial charge on any atom is 0.244 e. The summed E-state index contributed by atoms with van der Waals surface area (Å²) in [5.74, 6) is -0.379. The van der Waals surface area contributed by atoms with Gasteiger partial charge < -0.3 is 10.2 Å². The molecule has 0 saturated heterocycles. The Hall–Kier alpha value is -2.62. The highest BCUT2D eigenvalue weighted by molar-refractivity contribution is 6.01. The highest BCUT2D eigenvalue weighted by Crippen LogP contribution is 2.17. The fraction of sp³-hybridized carbons (Fsp3) is 0.263. The van der Waals surface area contributed by atoms with Gasteiger partial charge in [-0.1, -0.05) is 18.2 Å². The zero-order chi connectivity index (χ0) is 17.0. The maximum atomic E-state index is 12.3. The number of nitrogens with zero attached hydrogens (tertiary/aromatic N) is 1. The van der Waals surface area contributed by atoms with E-state index >= 15 is 0 Å². The molecule has 0 heterocycles. The molecule has 4 heteroatoms. The minimum atomic E-state index is -0.218. The minimum absolute atomic E-state index is 0.00822.